The molecule has 1 heterocycles. The fourth-order valence-electron chi connectivity index (χ4n) is 1.29. The minimum absolute atomic E-state index is 0.290. The Labute approximate surface area is 100 Å². The number of hydrogen-bond donors (Lipinski definition) is 1. The summed E-state index contributed by atoms with van der Waals surface area (Å²) in [7, 11) is 0. The third-order valence-corrected chi connectivity index (χ3v) is 2.02. The van der Waals surface area contributed by atoms with Gasteiger partial charge in [-0.1, -0.05) is 0 Å². The van der Waals surface area contributed by atoms with Gasteiger partial charge in [-0.3, -0.25) is 0 Å². The number of anilines is 1. The first-order valence-electron chi connectivity index (χ1n) is 4.88. The lowest BCUT2D eigenvalue weighted by Gasteiger charge is -2.08. The largest absolute Gasteiger partial charge is 0.573 e. The number of ether oxygens (including phenoxy) is 1. The van der Waals surface area contributed by atoms with Crippen molar-refractivity contribution in [3.05, 3.63) is 36.7 Å². The number of aromatic nitrogens is 2. The van der Waals surface area contributed by atoms with E-state index in [9.17, 15) is 13.2 Å². The molecule has 0 aliphatic heterocycles. The highest BCUT2D eigenvalue weighted by Gasteiger charge is 2.30. The van der Waals surface area contributed by atoms with Crippen molar-refractivity contribution in [3.8, 4) is 17.1 Å². The Balaban J connectivity index is 2.20. The molecule has 0 aliphatic rings. The van der Waals surface area contributed by atoms with E-state index in [1.807, 2.05) is 0 Å². The summed E-state index contributed by atoms with van der Waals surface area (Å²) in [5, 5.41) is 0. The summed E-state index contributed by atoms with van der Waals surface area (Å²) in [6.45, 7) is 0. The van der Waals surface area contributed by atoms with Crippen molar-refractivity contribution in [2.24, 2.45) is 0 Å². The first-order valence-corrected chi connectivity index (χ1v) is 4.88. The standard InChI is InChI=1S/C11H8F3N3O/c12-11(13,14)18-9-3-1-7(2-4-9)10-16-5-8(15)6-17-10/h1-6H,15H2. The van der Waals surface area contributed by atoms with Crippen molar-refractivity contribution in [2.75, 3.05) is 5.73 Å². The van der Waals surface area contributed by atoms with Gasteiger partial charge in [-0.25, -0.2) is 9.97 Å². The molecule has 0 unspecified atom stereocenters. The van der Waals surface area contributed by atoms with Crippen LogP contribution in [-0.2, 0) is 0 Å². The van der Waals surface area contributed by atoms with E-state index in [0.29, 0.717) is 17.1 Å². The summed E-state index contributed by atoms with van der Waals surface area (Å²) in [5.41, 5.74) is 6.41. The SMILES string of the molecule is Nc1cnc(-c2ccc(OC(F)(F)F)cc2)nc1. The van der Waals surface area contributed by atoms with E-state index >= 15 is 0 Å². The highest BCUT2D eigenvalue weighted by atomic mass is 19.4. The molecule has 4 nitrogen and oxygen atoms in total. The van der Waals surface area contributed by atoms with Crippen molar-refractivity contribution in [3.63, 3.8) is 0 Å². The molecular weight excluding hydrogens is 247 g/mol. The molecule has 0 saturated heterocycles. The summed E-state index contributed by atoms with van der Waals surface area (Å²) in [4.78, 5) is 7.91. The molecule has 7 heteroatoms. The predicted molar refractivity (Wildman–Crippen MR) is 58.6 cm³/mol. The van der Waals surface area contributed by atoms with Crippen molar-refractivity contribution in [2.45, 2.75) is 6.36 Å². The quantitative estimate of drug-likeness (QED) is 0.896. The number of benzene rings is 1. The third-order valence-electron chi connectivity index (χ3n) is 2.02. The van der Waals surface area contributed by atoms with E-state index in [1.54, 1.807) is 0 Å². The van der Waals surface area contributed by atoms with Crippen LogP contribution in [0.4, 0.5) is 18.9 Å². The van der Waals surface area contributed by atoms with Crippen LogP contribution in [0.25, 0.3) is 11.4 Å². The molecule has 0 atom stereocenters. The number of nitrogens with two attached hydrogens (primary N) is 1. The van der Waals surface area contributed by atoms with Crippen molar-refractivity contribution in [1.29, 1.82) is 0 Å². The maximum Gasteiger partial charge on any atom is 0.573 e. The van der Waals surface area contributed by atoms with Gasteiger partial charge in [-0.2, -0.15) is 0 Å². The molecule has 0 aliphatic carbocycles. The van der Waals surface area contributed by atoms with Gasteiger partial charge < -0.3 is 10.5 Å². The maximum atomic E-state index is 11.9. The summed E-state index contributed by atoms with van der Waals surface area (Å²) >= 11 is 0. The van der Waals surface area contributed by atoms with Gasteiger partial charge in [-0.15, -0.1) is 13.2 Å². The lowest BCUT2D eigenvalue weighted by Crippen LogP contribution is -2.16. The summed E-state index contributed by atoms with van der Waals surface area (Å²) in [6.07, 6.45) is -1.86. The Morgan fingerprint density at radius 2 is 1.56 bits per heavy atom. The highest BCUT2D eigenvalue weighted by molar-refractivity contribution is 5.56. The minimum Gasteiger partial charge on any atom is -0.406 e. The molecule has 0 radical (unpaired) electrons. The van der Waals surface area contributed by atoms with Gasteiger partial charge in [0.25, 0.3) is 0 Å². The number of nitrogen functional groups attached to an aromatic ring is 1. The molecule has 1 aromatic heterocycles. The summed E-state index contributed by atoms with van der Waals surface area (Å²) in [5.74, 6) is 0.0875. The number of alkyl halides is 3. The molecule has 2 rings (SSSR count). The van der Waals surface area contributed by atoms with Gasteiger partial charge in [-0.05, 0) is 24.3 Å². The molecule has 0 fully saturated rings. The molecule has 0 spiro atoms. The fraction of sp³-hybridized carbons (Fsp3) is 0.0909. The number of rotatable bonds is 2. The van der Waals surface area contributed by atoms with Crippen LogP contribution in [0.5, 0.6) is 5.75 Å². The van der Waals surface area contributed by atoms with Crippen LogP contribution in [-0.4, -0.2) is 16.3 Å². The van der Waals surface area contributed by atoms with Gasteiger partial charge >= 0.3 is 6.36 Å². The second-order valence-electron chi connectivity index (χ2n) is 3.41. The Hall–Kier alpha value is -2.31. The average molecular weight is 255 g/mol. The van der Waals surface area contributed by atoms with Gasteiger partial charge in [0, 0.05) is 5.56 Å². The predicted octanol–water partition coefficient (Wildman–Crippen LogP) is 2.62. The lowest BCUT2D eigenvalue weighted by molar-refractivity contribution is -0.274. The van der Waals surface area contributed by atoms with Crippen molar-refractivity contribution < 1.29 is 17.9 Å². The second kappa shape index (κ2) is 4.52. The molecule has 18 heavy (non-hydrogen) atoms. The second-order valence-corrected chi connectivity index (χ2v) is 3.41. The monoisotopic (exact) mass is 255 g/mol. The van der Waals surface area contributed by atoms with E-state index < -0.39 is 6.36 Å². The average Bonchev–Trinajstić information content (AvgIpc) is 2.29. The molecule has 1 aromatic carbocycles. The first kappa shape index (κ1) is 12.2. The number of hydrogen-bond acceptors (Lipinski definition) is 4. The van der Waals surface area contributed by atoms with E-state index in [1.165, 1.54) is 36.7 Å². The Morgan fingerprint density at radius 3 is 2.06 bits per heavy atom. The molecule has 0 amide bonds. The molecule has 0 bridgehead atoms. The van der Waals surface area contributed by atoms with Crippen LogP contribution in [0.2, 0.25) is 0 Å². The zero-order valence-electron chi connectivity index (χ0n) is 8.98. The van der Waals surface area contributed by atoms with Crippen molar-refractivity contribution >= 4 is 5.69 Å². The zero-order chi connectivity index (χ0) is 13.2. The molecule has 2 N–H and O–H groups in total. The van der Waals surface area contributed by atoms with Crippen LogP contribution >= 0.6 is 0 Å². The van der Waals surface area contributed by atoms with Crippen LogP contribution < -0.4 is 10.5 Å². The Morgan fingerprint density at radius 1 is 1.00 bits per heavy atom. The topological polar surface area (TPSA) is 61.0 Å². The molecular formula is C11H8F3N3O. The number of nitrogens with zero attached hydrogens (tertiary/aromatic N) is 2. The zero-order valence-corrected chi connectivity index (χ0v) is 8.98. The van der Waals surface area contributed by atoms with Gasteiger partial charge in [0.15, 0.2) is 5.82 Å². The number of halogens is 3. The Bertz CT molecular complexity index is 523. The minimum atomic E-state index is -4.70. The van der Waals surface area contributed by atoms with E-state index in [-0.39, 0.29) is 5.75 Å². The Kier molecular flexibility index (Phi) is 3.05. The normalized spacial score (nSPS) is 11.3. The smallest absolute Gasteiger partial charge is 0.406 e. The van der Waals surface area contributed by atoms with Crippen molar-refractivity contribution in [1.82, 2.24) is 9.97 Å². The highest BCUT2D eigenvalue weighted by Crippen LogP contribution is 2.25. The van der Waals surface area contributed by atoms with Crippen LogP contribution in [0.1, 0.15) is 0 Å². The van der Waals surface area contributed by atoms with Gasteiger partial charge in [0.05, 0.1) is 18.1 Å². The van der Waals surface area contributed by atoms with Gasteiger partial charge in [0.2, 0.25) is 0 Å². The van der Waals surface area contributed by atoms with E-state index in [0.717, 1.165) is 0 Å². The van der Waals surface area contributed by atoms with E-state index in [4.69, 9.17) is 5.73 Å². The molecule has 94 valence electrons. The van der Waals surface area contributed by atoms with Gasteiger partial charge in [0.1, 0.15) is 5.75 Å². The lowest BCUT2D eigenvalue weighted by atomic mass is 10.2. The van der Waals surface area contributed by atoms with Crippen LogP contribution in [0.3, 0.4) is 0 Å². The molecule has 2 aromatic rings. The van der Waals surface area contributed by atoms with Crippen LogP contribution in [0.15, 0.2) is 36.7 Å². The van der Waals surface area contributed by atoms with Crippen LogP contribution in [0, 0.1) is 0 Å². The third kappa shape index (κ3) is 3.09. The fourth-order valence-corrected chi connectivity index (χ4v) is 1.29. The maximum absolute atomic E-state index is 11.9. The van der Waals surface area contributed by atoms with E-state index in [2.05, 4.69) is 14.7 Å². The summed E-state index contributed by atoms with van der Waals surface area (Å²) in [6, 6.07) is 5.27. The first-order chi connectivity index (χ1) is 8.44. The molecule has 0 saturated carbocycles. The summed E-state index contributed by atoms with van der Waals surface area (Å²) < 4.78 is 39.6.